The zero-order valence-corrected chi connectivity index (χ0v) is 22.9. The number of sulfonamides is 1. The monoisotopic (exact) mass is 547 g/mol. The van der Waals surface area contributed by atoms with Gasteiger partial charge in [-0.25, -0.2) is 13.1 Å². The van der Waals surface area contributed by atoms with Gasteiger partial charge in [0.05, 0.1) is 4.90 Å². The molecule has 0 bridgehead atoms. The second-order valence-corrected chi connectivity index (χ2v) is 11.8. The van der Waals surface area contributed by atoms with E-state index in [1.165, 1.54) is 45.1 Å². The van der Waals surface area contributed by atoms with Gasteiger partial charge >= 0.3 is 0 Å². The molecule has 4 N–H and O–H groups in total. The number of hydrogen-bond donors (Lipinski definition) is 5. The number of hydrogen-bond acceptors (Lipinski definition) is 7. The van der Waals surface area contributed by atoms with Gasteiger partial charge in [-0.15, -0.1) is 0 Å². The molecule has 1 aliphatic rings. The highest BCUT2D eigenvalue weighted by molar-refractivity contribution is 7.90. The first-order chi connectivity index (χ1) is 17.7. The Morgan fingerprint density at radius 1 is 1.05 bits per heavy atom. The van der Waals surface area contributed by atoms with Crippen molar-refractivity contribution in [3.05, 3.63) is 54.1 Å². The smallest absolute Gasteiger partial charge is 0.264 e. The SMILES string of the molecule is C[C@H](O)C(=O)NS(=O)(=O)c1ccccc1-c1ccc(CNCCC(=O)NC[C@H](S)C2CCCCC2)cc1. The van der Waals surface area contributed by atoms with Gasteiger partial charge in [0, 0.05) is 36.9 Å². The van der Waals surface area contributed by atoms with Crippen molar-refractivity contribution in [3.63, 3.8) is 0 Å². The minimum Gasteiger partial charge on any atom is -0.384 e. The van der Waals surface area contributed by atoms with E-state index in [0.717, 1.165) is 5.56 Å². The summed E-state index contributed by atoms with van der Waals surface area (Å²) in [7, 11) is -4.15. The number of amides is 2. The Hall–Kier alpha value is -2.40. The van der Waals surface area contributed by atoms with Crippen molar-refractivity contribution in [1.29, 1.82) is 0 Å². The van der Waals surface area contributed by atoms with Crippen LogP contribution in [-0.4, -0.2) is 49.8 Å². The van der Waals surface area contributed by atoms with Crippen LogP contribution < -0.4 is 15.4 Å². The molecule has 3 rings (SSSR count). The van der Waals surface area contributed by atoms with E-state index in [-0.39, 0.29) is 16.1 Å². The second kappa shape index (κ2) is 13.9. The van der Waals surface area contributed by atoms with Gasteiger partial charge in [-0.2, -0.15) is 12.6 Å². The summed E-state index contributed by atoms with van der Waals surface area (Å²) >= 11 is 4.69. The Balaban J connectivity index is 1.48. The summed E-state index contributed by atoms with van der Waals surface area (Å²) < 4.78 is 27.3. The zero-order chi connectivity index (χ0) is 26.8. The van der Waals surface area contributed by atoms with Crippen LogP contribution in [0.25, 0.3) is 11.1 Å². The zero-order valence-electron chi connectivity index (χ0n) is 21.2. The lowest BCUT2D eigenvalue weighted by Gasteiger charge is -2.27. The lowest BCUT2D eigenvalue weighted by molar-refractivity contribution is -0.126. The lowest BCUT2D eigenvalue weighted by Crippen LogP contribution is -2.37. The molecule has 0 aliphatic heterocycles. The first-order valence-electron chi connectivity index (χ1n) is 12.8. The predicted molar refractivity (Wildman–Crippen MR) is 148 cm³/mol. The third-order valence-corrected chi connectivity index (χ3v) is 8.63. The molecule has 8 nitrogen and oxygen atoms in total. The van der Waals surface area contributed by atoms with Crippen LogP contribution in [0.2, 0.25) is 0 Å². The van der Waals surface area contributed by atoms with Crippen LogP contribution in [0, 0.1) is 5.92 Å². The molecular formula is C27H37N3O5S2. The maximum absolute atomic E-state index is 12.7. The van der Waals surface area contributed by atoms with Crippen molar-refractivity contribution >= 4 is 34.5 Å². The molecule has 0 radical (unpaired) electrons. The number of carbonyl (C=O) groups excluding carboxylic acids is 2. The summed E-state index contributed by atoms with van der Waals surface area (Å²) in [6.07, 6.45) is 5.16. The Morgan fingerprint density at radius 2 is 1.73 bits per heavy atom. The third-order valence-electron chi connectivity index (χ3n) is 6.62. The fourth-order valence-electron chi connectivity index (χ4n) is 4.44. The fraction of sp³-hybridized carbons (Fsp3) is 0.481. The van der Waals surface area contributed by atoms with E-state index in [9.17, 15) is 23.1 Å². The van der Waals surface area contributed by atoms with Crippen molar-refractivity contribution in [2.24, 2.45) is 5.92 Å². The molecule has 1 aliphatic carbocycles. The molecule has 0 heterocycles. The summed E-state index contributed by atoms with van der Waals surface area (Å²) in [5, 5.41) is 15.8. The van der Waals surface area contributed by atoms with Crippen LogP contribution in [-0.2, 0) is 26.2 Å². The normalized spacial score (nSPS) is 16.1. The number of rotatable bonds is 12. The molecular weight excluding hydrogens is 510 g/mol. The highest BCUT2D eigenvalue weighted by atomic mass is 32.2. The minimum absolute atomic E-state index is 0.0122. The van der Waals surface area contributed by atoms with E-state index >= 15 is 0 Å². The third kappa shape index (κ3) is 8.84. The molecule has 2 amide bonds. The van der Waals surface area contributed by atoms with E-state index in [1.54, 1.807) is 18.2 Å². The Labute approximate surface area is 225 Å². The Bertz CT molecular complexity index is 1150. The van der Waals surface area contributed by atoms with Crippen LogP contribution in [0.15, 0.2) is 53.4 Å². The molecule has 10 heteroatoms. The summed E-state index contributed by atoms with van der Waals surface area (Å²) in [5.41, 5.74) is 2.10. The highest BCUT2D eigenvalue weighted by Gasteiger charge is 2.24. The first-order valence-corrected chi connectivity index (χ1v) is 14.8. The van der Waals surface area contributed by atoms with Gasteiger partial charge in [-0.05, 0) is 42.9 Å². The summed E-state index contributed by atoms with van der Waals surface area (Å²) in [4.78, 5) is 23.9. The number of carbonyl (C=O) groups is 2. The van der Waals surface area contributed by atoms with E-state index in [0.29, 0.717) is 43.1 Å². The minimum atomic E-state index is -4.15. The van der Waals surface area contributed by atoms with Crippen molar-refractivity contribution in [2.75, 3.05) is 13.1 Å². The maximum Gasteiger partial charge on any atom is 0.264 e. The molecule has 0 unspecified atom stereocenters. The van der Waals surface area contributed by atoms with Crippen LogP contribution in [0.1, 0.15) is 51.0 Å². The average molecular weight is 548 g/mol. The highest BCUT2D eigenvalue weighted by Crippen LogP contribution is 2.29. The van der Waals surface area contributed by atoms with Crippen molar-refractivity contribution in [3.8, 4) is 11.1 Å². The van der Waals surface area contributed by atoms with Crippen LogP contribution in [0.3, 0.4) is 0 Å². The molecule has 1 fully saturated rings. The summed E-state index contributed by atoms with van der Waals surface area (Å²) in [6, 6.07) is 13.8. The van der Waals surface area contributed by atoms with Crippen LogP contribution >= 0.6 is 12.6 Å². The Morgan fingerprint density at radius 3 is 2.41 bits per heavy atom. The maximum atomic E-state index is 12.7. The number of benzene rings is 2. The van der Waals surface area contributed by atoms with Crippen molar-refractivity contribution < 1.29 is 23.1 Å². The van der Waals surface area contributed by atoms with Crippen molar-refractivity contribution in [2.45, 2.75) is 68.2 Å². The van der Waals surface area contributed by atoms with Gasteiger partial charge in [0.15, 0.2) is 0 Å². The van der Waals surface area contributed by atoms with Crippen LogP contribution in [0.4, 0.5) is 0 Å². The molecule has 2 aromatic carbocycles. The van der Waals surface area contributed by atoms with E-state index in [4.69, 9.17) is 12.6 Å². The average Bonchev–Trinajstić information content (AvgIpc) is 2.90. The van der Waals surface area contributed by atoms with Gasteiger partial charge in [-0.1, -0.05) is 61.7 Å². The lowest BCUT2D eigenvalue weighted by atomic mass is 9.86. The first kappa shape index (κ1) is 29.2. The van der Waals surface area contributed by atoms with E-state index in [2.05, 4.69) is 10.6 Å². The largest absolute Gasteiger partial charge is 0.384 e. The van der Waals surface area contributed by atoms with E-state index < -0.39 is 22.0 Å². The number of aliphatic hydroxyl groups excluding tert-OH is 1. The molecule has 1 saturated carbocycles. The predicted octanol–water partition coefficient (Wildman–Crippen LogP) is 3.01. The fourth-order valence-corrected chi connectivity index (χ4v) is 6.11. The van der Waals surface area contributed by atoms with Gasteiger partial charge in [0.25, 0.3) is 15.9 Å². The summed E-state index contributed by atoms with van der Waals surface area (Å²) in [5.74, 6) is -0.383. The van der Waals surface area contributed by atoms with Gasteiger partial charge in [0.1, 0.15) is 6.10 Å². The molecule has 37 heavy (non-hydrogen) atoms. The quantitative estimate of drug-likeness (QED) is 0.206. The standard InChI is InChI=1S/C27H37N3O5S2/c1-19(31)27(33)30-37(34,35)25-10-6-5-9-23(25)21-13-11-20(12-14-21)17-28-16-15-26(32)29-18-24(36)22-7-3-2-4-8-22/h5-6,9-14,19,22,24,28,31,36H,2-4,7-8,15-18H2,1H3,(H,29,32)(H,30,33)/t19-,24-/m0/s1. The molecule has 2 atom stereocenters. The number of nitrogens with one attached hydrogen (secondary N) is 3. The Kier molecular flexibility index (Phi) is 11.0. The van der Waals surface area contributed by atoms with Crippen molar-refractivity contribution in [1.82, 2.24) is 15.4 Å². The van der Waals surface area contributed by atoms with Gasteiger partial charge in [0.2, 0.25) is 5.91 Å². The topological polar surface area (TPSA) is 125 Å². The van der Waals surface area contributed by atoms with Gasteiger partial charge in [-0.3, -0.25) is 9.59 Å². The number of aliphatic hydroxyl groups is 1. The molecule has 202 valence electrons. The second-order valence-electron chi connectivity index (χ2n) is 9.54. The van der Waals surface area contributed by atoms with Gasteiger partial charge < -0.3 is 15.7 Å². The summed E-state index contributed by atoms with van der Waals surface area (Å²) in [6.45, 7) is 2.91. The molecule has 0 saturated heterocycles. The molecule has 2 aromatic rings. The van der Waals surface area contributed by atoms with E-state index in [1.807, 2.05) is 29.0 Å². The molecule has 0 aromatic heterocycles. The van der Waals surface area contributed by atoms with Crippen LogP contribution in [0.5, 0.6) is 0 Å². The number of thiol groups is 1. The molecule has 0 spiro atoms.